The van der Waals surface area contributed by atoms with Crippen LogP contribution in [0.5, 0.6) is 5.75 Å². The first-order valence-corrected chi connectivity index (χ1v) is 11.3. The summed E-state index contributed by atoms with van der Waals surface area (Å²) in [5.74, 6) is 0.352. The minimum Gasteiger partial charge on any atom is -0.484 e. The van der Waals surface area contributed by atoms with Gasteiger partial charge in [-0.15, -0.1) is 0 Å². The molecule has 0 radical (unpaired) electrons. The van der Waals surface area contributed by atoms with Gasteiger partial charge in [0.2, 0.25) is 5.91 Å². The van der Waals surface area contributed by atoms with Crippen LogP contribution >= 0.6 is 0 Å². The van der Waals surface area contributed by atoms with E-state index in [2.05, 4.69) is 5.32 Å². The van der Waals surface area contributed by atoms with Gasteiger partial charge in [-0.05, 0) is 51.3 Å². The van der Waals surface area contributed by atoms with E-state index in [1.54, 1.807) is 11.8 Å². The molecule has 2 amide bonds. The molecule has 1 N–H and O–H groups in total. The Kier molecular flexibility index (Phi) is 8.10. The molecule has 166 valence electrons. The van der Waals surface area contributed by atoms with E-state index in [0.29, 0.717) is 12.3 Å². The maximum atomic E-state index is 13.1. The topological polar surface area (TPSA) is 58.6 Å². The lowest BCUT2D eigenvalue weighted by Gasteiger charge is -2.31. The Bertz CT molecular complexity index is 872. The van der Waals surface area contributed by atoms with Crippen molar-refractivity contribution in [3.05, 3.63) is 65.2 Å². The molecule has 5 nitrogen and oxygen atoms in total. The third kappa shape index (κ3) is 6.84. The molecule has 0 bridgehead atoms. The van der Waals surface area contributed by atoms with Crippen molar-refractivity contribution in [1.82, 2.24) is 10.2 Å². The Balaban J connectivity index is 1.70. The summed E-state index contributed by atoms with van der Waals surface area (Å²) < 4.78 is 5.72. The van der Waals surface area contributed by atoms with Gasteiger partial charge in [-0.3, -0.25) is 9.59 Å². The van der Waals surface area contributed by atoms with Crippen LogP contribution in [-0.2, 0) is 16.1 Å². The zero-order chi connectivity index (χ0) is 22.2. The molecule has 1 aliphatic rings. The van der Waals surface area contributed by atoms with E-state index < -0.39 is 6.04 Å². The van der Waals surface area contributed by atoms with Crippen LogP contribution in [0.3, 0.4) is 0 Å². The summed E-state index contributed by atoms with van der Waals surface area (Å²) in [6.07, 6.45) is 5.56. The van der Waals surface area contributed by atoms with Gasteiger partial charge in [-0.2, -0.15) is 0 Å². The minimum absolute atomic E-state index is 0.0942. The summed E-state index contributed by atoms with van der Waals surface area (Å²) in [7, 11) is 0. The second-order valence-corrected chi connectivity index (χ2v) is 8.63. The molecule has 3 rings (SSSR count). The van der Waals surface area contributed by atoms with E-state index in [4.69, 9.17) is 4.74 Å². The molecule has 0 unspecified atom stereocenters. The van der Waals surface area contributed by atoms with Crippen molar-refractivity contribution in [3.8, 4) is 5.75 Å². The van der Waals surface area contributed by atoms with Crippen LogP contribution in [0.2, 0.25) is 0 Å². The monoisotopic (exact) mass is 422 g/mol. The molecule has 1 saturated carbocycles. The Morgan fingerprint density at radius 1 is 1.03 bits per heavy atom. The molecular weight excluding hydrogens is 388 g/mol. The van der Waals surface area contributed by atoms with Gasteiger partial charge in [-0.1, -0.05) is 66.8 Å². The van der Waals surface area contributed by atoms with Crippen molar-refractivity contribution in [2.24, 2.45) is 0 Å². The van der Waals surface area contributed by atoms with Gasteiger partial charge in [0.05, 0.1) is 0 Å². The highest BCUT2D eigenvalue weighted by molar-refractivity contribution is 5.88. The van der Waals surface area contributed by atoms with E-state index in [1.165, 1.54) is 6.42 Å². The minimum atomic E-state index is -0.573. The lowest BCUT2D eigenvalue weighted by molar-refractivity contribution is -0.142. The summed E-state index contributed by atoms with van der Waals surface area (Å²) in [5, 5.41) is 3.16. The summed E-state index contributed by atoms with van der Waals surface area (Å²) in [6, 6.07) is 15.3. The number of amides is 2. The number of carbonyl (C=O) groups excluding carboxylic acids is 2. The van der Waals surface area contributed by atoms with Crippen LogP contribution in [0.25, 0.3) is 0 Å². The number of benzene rings is 2. The third-order valence-corrected chi connectivity index (χ3v) is 5.94. The zero-order valence-electron chi connectivity index (χ0n) is 18.9. The van der Waals surface area contributed by atoms with Gasteiger partial charge in [0.25, 0.3) is 5.91 Å². The van der Waals surface area contributed by atoms with Crippen molar-refractivity contribution >= 4 is 11.8 Å². The second kappa shape index (κ2) is 11.0. The van der Waals surface area contributed by atoms with Crippen LogP contribution in [0.15, 0.2) is 48.5 Å². The first-order valence-electron chi connectivity index (χ1n) is 11.3. The maximum absolute atomic E-state index is 13.1. The van der Waals surface area contributed by atoms with Crippen molar-refractivity contribution in [3.63, 3.8) is 0 Å². The molecule has 0 aromatic heterocycles. The van der Waals surface area contributed by atoms with Crippen LogP contribution in [0.1, 0.15) is 55.7 Å². The summed E-state index contributed by atoms with van der Waals surface area (Å²) in [5.41, 5.74) is 3.26. The van der Waals surface area contributed by atoms with Gasteiger partial charge >= 0.3 is 0 Å². The normalized spacial score (nSPS) is 15.2. The average Bonchev–Trinajstić information content (AvgIpc) is 2.77. The van der Waals surface area contributed by atoms with Crippen molar-refractivity contribution in [1.29, 1.82) is 0 Å². The predicted octanol–water partition coefficient (Wildman–Crippen LogP) is 4.55. The quantitative estimate of drug-likeness (QED) is 0.679. The second-order valence-electron chi connectivity index (χ2n) is 8.63. The predicted molar refractivity (Wildman–Crippen MR) is 123 cm³/mol. The first-order chi connectivity index (χ1) is 14.9. The molecule has 1 atom stereocenters. The summed E-state index contributed by atoms with van der Waals surface area (Å²) in [4.78, 5) is 27.7. The van der Waals surface area contributed by atoms with Gasteiger partial charge in [0, 0.05) is 12.6 Å². The van der Waals surface area contributed by atoms with E-state index in [1.807, 2.05) is 62.4 Å². The van der Waals surface area contributed by atoms with Crippen LogP contribution in [-0.4, -0.2) is 35.4 Å². The summed E-state index contributed by atoms with van der Waals surface area (Å²) in [6.45, 7) is 6.10. The van der Waals surface area contributed by atoms with E-state index in [0.717, 1.165) is 42.4 Å². The standard InChI is InChI=1S/C26H34N2O3/c1-19-12-14-24(15-13-19)31-18-25(29)28(17-22-9-7-8-20(2)16-22)21(3)26(30)27-23-10-5-4-6-11-23/h7-9,12-16,21,23H,4-6,10-11,17-18H2,1-3H3,(H,27,30)/t21-/m0/s1. The SMILES string of the molecule is Cc1ccc(OCC(=O)N(Cc2cccc(C)c2)[C@@H](C)C(=O)NC2CCCCC2)cc1. The first kappa shape index (κ1) is 22.9. The molecular formula is C26H34N2O3. The van der Waals surface area contributed by atoms with Gasteiger partial charge in [-0.25, -0.2) is 0 Å². The van der Waals surface area contributed by atoms with Crippen LogP contribution in [0, 0.1) is 13.8 Å². The molecule has 0 heterocycles. The highest BCUT2D eigenvalue weighted by atomic mass is 16.5. The number of nitrogens with one attached hydrogen (secondary N) is 1. The highest BCUT2D eigenvalue weighted by Crippen LogP contribution is 2.19. The Morgan fingerprint density at radius 3 is 2.42 bits per heavy atom. The lowest BCUT2D eigenvalue weighted by atomic mass is 9.95. The molecule has 1 fully saturated rings. The number of ether oxygens (including phenoxy) is 1. The van der Waals surface area contributed by atoms with Crippen molar-refractivity contribution in [2.75, 3.05) is 6.61 Å². The smallest absolute Gasteiger partial charge is 0.261 e. The van der Waals surface area contributed by atoms with E-state index >= 15 is 0 Å². The maximum Gasteiger partial charge on any atom is 0.261 e. The Morgan fingerprint density at radius 2 is 1.74 bits per heavy atom. The number of hydrogen-bond donors (Lipinski definition) is 1. The number of nitrogens with zero attached hydrogens (tertiary/aromatic N) is 1. The van der Waals surface area contributed by atoms with Gasteiger partial charge in [0.15, 0.2) is 6.61 Å². The molecule has 0 saturated heterocycles. The number of hydrogen-bond acceptors (Lipinski definition) is 3. The molecule has 5 heteroatoms. The molecule has 1 aliphatic carbocycles. The third-order valence-electron chi connectivity index (χ3n) is 5.94. The molecule has 0 spiro atoms. The van der Waals surface area contributed by atoms with E-state index in [9.17, 15) is 9.59 Å². The highest BCUT2D eigenvalue weighted by Gasteiger charge is 2.28. The number of rotatable bonds is 8. The van der Waals surface area contributed by atoms with Crippen molar-refractivity contribution in [2.45, 2.75) is 71.5 Å². The molecule has 0 aliphatic heterocycles. The Labute approximate surface area is 185 Å². The number of aryl methyl sites for hydroxylation is 2. The van der Waals surface area contributed by atoms with Crippen LogP contribution in [0.4, 0.5) is 0 Å². The van der Waals surface area contributed by atoms with Gasteiger partial charge < -0.3 is 15.0 Å². The lowest BCUT2D eigenvalue weighted by Crippen LogP contribution is -2.51. The van der Waals surface area contributed by atoms with E-state index in [-0.39, 0.29) is 24.5 Å². The average molecular weight is 423 g/mol. The zero-order valence-corrected chi connectivity index (χ0v) is 18.9. The fourth-order valence-corrected chi connectivity index (χ4v) is 4.02. The fraction of sp³-hybridized carbons (Fsp3) is 0.462. The molecule has 2 aromatic rings. The number of carbonyl (C=O) groups is 2. The largest absolute Gasteiger partial charge is 0.484 e. The fourth-order valence-electron chi connectivity index (χ4n) is 4.02. The van der Waals surface area contributed by atoms with Crippen molar-refractivity contribution < 1.29 is 14.3 Å². The molecule has 31 heavy (non-hydrogen) atoms. The van der Waals surface area contributed by atoms with Gasteiger partial charge in [0.1, 0.15) is 11.8 Å². The Hall–Kier alpha value is -2.82. The van der Waals surface area contributed by atoms with Crippen LogP contribution < -0.4 is 10.1 Å². The summed E-state index contributed by atoms with van der Waals surface area (Å²) >= 11 is 0. The molecule has 2 aromatic carbocycles.